The van der Waals surface area contributed by atoms with Gasteiger partial charge in [0.25, 0.3) is 0 Å². The van der Waals surface area contributed by atoms with E-state index in [2.05, 4.69) is 0 Å². The Hall–Kier alpha value is -3.80. The molecular formula is C22H16O6. The first kappa shape index (κ1) is 17.6. The van der Waals surface area contributed by atoms with Crippen LogP contribution in [0.3, 0.4) is 0 Å². The summed E-state index contributed by atoms with van der Waals surface area (Å²) < 4.78 is 10.5. The van der Waals surface area contributed by atoms with Crippen LogP contribution in [0.25, 0.3) is 11.1 Å². The second-order valence-corrected chi connectivity index (χ2v) is 6.32. The van der Waals surface area contributed by atoms with Crippen LogP contribution in [0, 0.1) is 0 Å². The SMILES string of the molecule is COc1ccc(-c2cc(O)c3c(c2O)C(=O)c2ccccc2C3=O)cc1OC. The molecule has 6 nitrogen and oxygen atoms in total. The van der Waals surface area contributed by atoms with Crippen molar-refractivity contribution in [2.75, 3.05) is 14.2 Å². The molecule has 0 aliphatic heterocycles. The molecule has 0 bridgehead atoms. The van der Waals surface area contributed by atoms with Crippen molar-refractivity contribution in [3.63, 3.8) is 0 Å². The summed E-state index contributed by atoms with van der Waals surface area (Å²) in [6.07, 6.45) is 0. The number of aromatic hydroxyl groups is 2. The van der Waals surface area contributed by atoms with E-state index in [9.17, 15) is 19.8 Å². The predicted octanol–water partition coefficient (Wildman–Crippen LogP) is 3.56. The summed E-state index contributed by atoms with van der Waals surface area (Å²) in [5, 5.41) is 21.4. The second kappa shape index (κ2) is 6.42. The van der Waals surface area contributed by atoms with Crippen molar-refractivity contribution in [3.05, 3.63) is 70.8 Å². The summed E-state index contributed by atoms with van der Waals surface area (Å²) in [6, 6.07) is 12.5. The van der Waals surface area contributed by atoms with Crippen molar-refractivity contribution in [3.8, 4) is 34.1 Å². The lowest BCUT2D eigenvalue weighted by molar-refractivity contribution is 0.0974. The lowest BCUT2D eigenvalue weighted by Crippen LogP contribution is -2.21. The van der Waals surface area contributed by atoms with Crippen LogP contribution in [0.4, 0.5) is 0 Å². The predicted molar refractivity (Wildman–Crippen MR) is 102 cm³/mol. The molecule has 0 atom stereocenters. The van der Waals surface area contributed by atoms with Gasteiger partial charge in [0.05, 0.1) is 25.3 Å². The first-order valence-electron chi connectivity index (χ1n) is 8.47. The Morgan fingerprint density at radius 2 is 1.32 bits per heavy atom. The molecule has 6 heteroatoms. The Bertz CT molecular complexity index is 1150. The first-order chi connectivity index (χ1) is 13.5. The van der Waals surface area contributed by atoms with Crippen LogP contribution >= 0.6 is 0 Å². The zero-order valence-corrected chi connectivity index (χ0v) is 15.1. The molecule has 140 valence electrons. The van der Waals surface area contributed by atoms with Crippen molar-refractivity contribution in [2.45, 2.75) is 0 Å². The zero-order valence-electron chi connectivity index (χ0n) is 15.1. The van der Waals surface area contributed by atoms with Crippen LogP contribution in [-0.4, -0.2) is 36.0 Å². The number of phenolic OH excluding ortho intramolecular Hbond substituents is 2. The van der Waals surface area contributed by atoms with E-state index in [1.807, 2.05) is 0 Å². The van der Waals surface area contributed by atoms with Gasteiger partial charge in [-0.1, -0.05) is 30.3 Å². The molecule has 3 aromatic rings. The molecule has 2 N–H and O–H groups in total. The maximum atomic E-state index is 13.0. The van der Waals surface area contributed by atoms with Gasteiger partial charge >= 0.3 is 0 Å². The third-order valence-electron chi connectivity index (χ3n) is 4.84. The minimum Gasteiger partial charge on any atom is -0.507 e. The Morgan fingerprint density at radius 1 is 0.714 bits per heavy atom. The molecule has 1 aliphatic rings. The smallest absolute Gasteiger partial charge is 0.198 e. The van der Waals surface area contributed by atoms with Crippen LogP contribution < -0.4 is 9.47 Å². The molecule has 0 fully saturated rings. The highest BCUT2D eigenvalue weighted by atomic mass is 16.5. The van der Waals surface area contributed by atoms with E-state index in [-0.39, 0.29) is 39.3 Å². The molecule has 0 heterocycles. The molecule has 1 aliphatic carbocycles. The van der Waals surface area contributed by atoms with E-state index in [0.717, 1.165) is 0 Å². The molecule has 0 spiro atoms. The van der Waals surface area contributed by atoms with Crippen molar-refractivity contribution < 1.29 is 29.3 Å². The summed E-state index contributed by atoms with van der Waals surface area (Å²) in [6.45, 7) is 0. The lowest BCUT2D eigenvalue weighted by atomic mass is 9.81. The minimum absolute atomic E-state index is 0.189. The van der Waals surface area contributed by atoms with Crippen LogP contribution in [0.5, 0.6) is 23.0 Å². The van der Waals surface area contributed by atoms with Gasteiger partial charge in [-0.25, -0.2) is 0 Å². The summed E-state index contributed by atoms with van der Waals surface area (Å²) in [5.41, 5.74) is 0.705. The number of carbonyl (C=O) groups excluding carboxylic acids is 2. The number of methoxy groups -OCH3 is 2. The Kier molecular flexibility index (Phi) is 4.04. The molecule has 3 aromatic carbocycles. The molecule has 0 aromatic heterocycles. The van der Waals surface area contributed by atoms with E-state index in [0.29, 0.717) is 17.1 Å². The highest BCUT2D eigenvalue weighted by Crippen LogP contribution is 2.45. The van der Waals surface area contributed by atoms with E-state index in [1.165, 1.54) is 32.4 Å². The van der Waals surface area contributed by atoms with E-state index < -0.39 is 11.6 Å². The molecule has 0 saturated heterocycles. The largest absolute Gasteiger partial charge is 0.507 e. The zero-order chi connectivity index (χ0) is 20.0. The van der Waals surface area contributed by atoms with Crippen LogP contribution in [-0.2, 0) is 0 Å². The number of benzene rings is 3. The Labute approximate surface area is 160 Å². The summed E-state index contributed by atoms with van der Waals surface area (Å²) in [5.74, 6) is -0.840. The topological polar surface area (TPSA) is 93.1 Å². The molecule has 0 unspecified atom stereocenters. The highest BCUT2D eigenvalue weighted by molar-refractivity contribution is 6.30. The average Bonchev–Trinajstić information content (AvgIpc) is 2.72. The quantitative estimate of drug-likeness (QED) is 0.531. The molecule has 4 rings (SSSR count). The minimum atomic E-state index is -0.514. The highest BCUT2D eigenvalue weighted by Gasteiger charge is 2.35. The average molecular weight is 376 g/mol. The summed E-state index contributed by atoms with van der Waals surface area (Å²) in [4.78, 5) is 25.8. The van der Waals surface area contributed by atoms with Gasteiger partial charge in [0.1, 0.15) is 11.5 Å². The first-order valence-corrected chi connectivity index (χ1v) is 8.47. The molecule has 28 heavy (non-hydrogen) atoms. The van der Waals surface area contributed by atoms with Gasteiger partial charge in [0.15, 0.2) is 23.1 Å². The number of rotatable bonds is 3. The monoisotopic (exact) mass is 376 g/mol. The maximum absolute atomic E-state index is 13.0. The van der Waals surface area contributed by atoms with Gasteiger partial charge in [0, 0.05) is 16.7 Å². The van der Waals surface area contributed by atoms with E-state index >= 15 is 0 Å². The van der Waals surface area contributed by atoms with Gasteiger partial charge in [-0.05, 0) is 23.8 Å². The van der Waals surface area contributed by atoms with E-state index in [1.54, 1.807) is 30.3 Å². The van der Waals surface area contributed by atoms with Crippen molar-refractivity contribution in [1.82, 2.24) is 0 Å². The Morgan fingerprint density at radius 3 is 1.93 bits per heavy atom. The molecule has 0 radical (unpaired) electrons. The van der Waals surface area contributed by atoms with Crippen molar-refractivity contribution >= 4 is 11.6 Å². The summed E-state index contributed by atoms with van der Waals surface area (Å²) in [7, 11) is 2.98. The van der Waals surface area contributed by atoms with Gasteiger partial charge in [-0.3, -0.25) is 9.59 Å². The fourth-order valence-electron chi connectivity index (χ4n) is 3.48. The second-order valence-electron chi connectivity index (χ2n) is 6.32. The number of ether oxygens (including phenoxy) is 2. The number of hydrogen-bond acceptors (Lipinski definition) is 6. The fourth-order valence-corrected chi connectivity index (χ4v) is 3.48. The van der Waals surface area contributed by atoms with Crippen molar-refractivity contribution in [2.24, 2.45) is 0 Å². The number of fused-ring (bicyclic) bond motifs is 2. The number of ketones is 2. The molecule has 0 amide bonds. The van der Waals surface area contributed by atoms with Crippen molar-refractivity contribution in [1.29, 1.82) is 0 Å². The molecular weight excluding hydrogens is 360 g/mol. The maximum Gasteiger partial charge on any atom is 0.198 e. The summed E-state index contributed by atoms with van der Waals surface area (Å²) >= 11 is 0. The van der Waals surface area contributed by atoms with Gasteiger partial charge in [-0.2, -0.15) is 0 Å². The van der Waals surface area contributed by atoms with Crippen LogP contribution in [0.15, 0.2) is 48.5 Å². The van der Waals surface area contributed by atoms with Gasteiger partial charge < -0.3 is 19.7 Å². The number of carbonyl (C=O) groups is 2. The Balaban J connectivity index is 1.96. The number of phenols is 2. The lowest BCUT2D eigenvalue weighted by Gasteiger charge is -2.21. The fraction of sp³-hybridized carbons (Fsp3) is 0.0909. The third kappa shape index (κ3) is 2.42. The van der Waals surface area contributed by atoms with E-state index in [4.69, 9.17) is 9.47 Å². The van der Waals surface area contributed by atoms with Gasteiger partial charge in [-0.15, -0.1) is 0 Å². The molecule has 0 saturated carbocycles. The van der Waals surface area contributed by atoms with Crippen LogP contribution in [0.2, 0.25) is 0 Å². The van der Waals surface area contributed by atoms with Crippen LogP contribution in [0.1, 0.15) is 31.8 Å². The normalized spacial score (nSPS) is 12.4. The third-order valence-corrected chi connectivity index (χ3v) is 4.84. The number of hydrogen-bond donors (Lipinski definition) is 2. The van der Waals surface area contributed by atoms with Gasteiger partial charge in [0.2, 0.25) is 0 Å². The standard InChI is InChI=1S/C22H16O6/c1-27-16-8-7-11(9-17(16)28-2)14-10-15(23)18-19(22(14)26)21(25)13-6-4-3-5-12(13)20(18)24/h3-10,23,26H,1-2H3.